The van der Waals surface area contributed by atoms with Crippen LogP contribution in [0.15, 0.2) is 52.2 Å². The van der Waals surface area contributed by atoms with Gasteiger partial charge in [-0.05, 0) is 58.0 Å². The molecule has 1 amide bonds. The van der Waals surface area contributed by atoms with E-state index in [1.54, 1.807) is 17.0 Å². The summed E-state index contributed by atoms with van der Waals surface area (Å²) in [7, 11) is 0. The van der Waals surface area contributed by atoms with Gasteiger partial charge in [0.2, 0.25) is 11.7 Å². The van der Waals surface area contributed by atoms with Crippen molar-refractivity contribution in [3.63, 3.8) is 0 Å². The van der Waals surface area contributed by atoms with Crippen molar-refractivity contribution in [1.82, 2.24) is 19.7 Å². The number of thioether (sulfide) groups is 1. The van der Waals surface area contributed by atoms with Crippen LogP contribution in [-0.2, 0) is 11.0 Å². The summed E-state index contributed by atoms with van der Waals surface area (Å²) in [5.74, 6) is 0.595. The Balaban J connectivity index is 1.99. The van der Waals surface area contributed by atoms with E-state index in [2.05, 4.69) is 10.2 Å². The van der Waals surface area contributed by atoms with Crippen molar-refractivity contribution in [2.24, 2.45) is 0 Å². The minimum atomic E-state index is -4.49. The molecule has 0 unspecified atom stereocenters. The second kappa shape index (κ2) is 9.17. The number of benzene rings is 1. The predicted octanol–water partition coefficient (Wildman–Crippen LogP) is 5.28. The van der Waals surface area contributed by atoms with E-state index in [0.29, 0.717) is 10.9 Å². The van der Waals surface area contributed by atoms with Crippen molar-refractivity contribution in [3.8, 4) is 17.3 Å². The molecule has 0 aliphatic carbocycles. The fraction of sp³-hybridized carbons (Fsp3) is 0.381. The van der Waals surface area contributed by atoms with Crippen LogP contribution < -0.4 is 0 Å². The zero-order valence-corrected chi connectivity index (χ0v) is 18.4. The largest absolute Gasteiger partial charge is 0.461 e. The molecule has 10 heteroatoms. The second-order valence-corrected chi connectivity index (χ2v) is 8.39. The van der Waals surface area contributed by atoms with Crippen molar-refractivity contribution in [3.05, 3.63) is 48.2 Å². The van der Waals surface area contributed by atoms with Gasteiger partial charge in [-0.25, -0.2) is 0 Å². The summed E-state index contributed by atoms with van der Waals surface area (Å²) in [6.07, 6.45) is -3.05. The maximum absolute atomic E-state index is 13.3. The quantitative estimate of drug-likeness (QED) is 0.456. The van der Waals surface area contributed by atoms with Crippen molar-refractivity contribution in [2.45, 2.75) is 51.1 Å². The highest BCUT2D eigenvalue weighted by molar-refractivity contribution is 7.99. The zero-order chi connectivity index (χ0) is 22.8. The smallest absolute Gasteiger partial charge is 0.416 e. The SMILES string of the molecule is CC(C)N(C(=O)CSc1nnc(-c2ccco2)n1-c1cccc(C(F)(F)F)c1)C(C)C. The lowest BCUT2D eigenvalue weighted by atomic mass is 10.2. The second-order valence-electron chi connectivity index (χ2n) is 7.44. The van der Waals surface area contributed by atoms with Crippen molar-refractivity contribution in [2.75, 3.05) is 5.75 Å². The van der Waals surface area contributed by atoms with E-state index in [9.17, 15) is 18.0 Å². The summed E-state index contributed by atoms with van der Waals surface area (Å²) in [5, 5.41) is 8.54. The Labute approximate surface area is 182 Å². The highest BCUT2D eigenvalue weighted by atomic mass is 32.2. The van der Waals surface area contributed by atoms with Gasteiger partial charge in [0.15, 0.2) is 10.9 Å². The molecule has 0 N–H and O–H groups in total. The van der Waals surface area contributed by atoms with Crippen molar-refractivity contribution < 1.29 is 22.4 Å². The van der Waals surface area contributed by atoms with Crippen LogP contribution in [0.4, 0.5) is 13.2 Å². The highest BCUT2D eigenvalue weighted by Crippen LogP contribution is 2.33. The van der Waals surface area contributed by atoms with Crippen LogP contribution >= 0.6 is 11.8 Å². The Morgan fingerprint density at radius 2 is 1.84 bits per heavy atom. The van der Waals surface area contributed by atoms with Gasteiger partial charge in [-0.15, -0.1) is 10.2 Å². The number of hydrogen-bond acceptors (Lipinski definition) is 5. The van der Waals surface area contributed by atoms with Gasteiger partial charge in [-0.3, -0.25) is 9.36 Å². The molecule has 0 fully saturated rings. The van der Waals surface area contributed by atoms with Gasteiger partial charge in [0.25, 0.3) is 0 Å². The first kappa shape index (κ1) is 22.9. The molecule has 0 atom stereocenters. The minimum Gasteiger partial charge on any atom is -0.461 e. The molecule has 0 radical (unpaired) electrons. The molecule has 1 aromatic carbocycles. The lowest BCUT2D eigenvalue weighted by Gasteiger charge is -2.30. The number of alkyl halides is 3. The number of aromatic nitrogens is 3. The Hall–Kier alpha value is -2.75. The van der Waals surface area contributed by atoms with Gasteiger partial charge in [0, 0.05) is 12.1 Å². The van der Waals surface area contributed by atoms with Crippen LogP contribution in [0, 0.1) is 0 Å². The molecule has 166 valence electrons. The summed E-state index contributed by atoms with van der Waals surface area (Å²) >= 11 is 1.12. The maximum Gasteiger partial charge on any atom is 0.416 e. The monoisotopic (exact) mass is 452 g/mol. The van der Waals surface area contributed by atoms with E-state index in [4.69, 9.17) is 4.42 Å². The molecule has 0 saturated carbocycles. The van der Waals surface area contributed by atoms with Gasteiger partial charge in [-0.2, -0.15) is 13.2 Å². The van der Waals surface area contributed by atoms with Crippen LogP contribution in [0.3, 0.4) is 0 Å². The molecule has 3 rings (SSSR count). The lowest BCUT2D eigenvalue weighted by molar-refractivity contribution is -0.137. The Bertz CT molecular complexity index is 1020. The summed E-state index contributed by atoms with van der Waals surface area (Å²) in [6.45, 7) is 7.73. The molecule has 2 aromatic heterocycles. The molecular weight excluding hydrogens is 429 g/mol. The third kappa shape index (κ3) is 5.12. The normalized spacial score (nSPS) is 12.0. The molecule has 0 spiro atoms. The average Bonchev–Trinajstić information content (AvgIpc) is 3.34. The number of amides is 1. The summed E-state index contributed by atoms with van der Waals surface area (Å²) in [4.78, 5) is 14.5. The van der Waals surface area contributed by atoms with Gasteiger partial charge in [0.1, 0.15) is 0 Å². The zero-order valence-electron chi connectivity index (χ0n) is 17.6. The first-order valence-corrected chi connectivity index (χ1v) is 10.7. The number of nitrogens with zero attached hydrogens (tertiary/aromatic N) is 4. The number of hydrogen-bond donors (Lipinski definition) is 0. The van der Waals surface area contributed by atoms with E-state index in [1.165, 1.54) is 23.0 Å². The van der Waals surface area contributed by atoms with E-state index in [-0.39, 0.29) is 35.3 Å². The van der Waals surface area contributed by atoms with E-state index < -0.39 is 11.7 Å². The molecule has 0 bridgehead atoms. The molecule has 3 aromatic rings. The van der Waals surface area contributed by atoms with Gasteiger partial charge >= 0.3 is 6.18 Å². The van der Waals surface area contributed by atoms with Crippen LogP contribution in [-0.4, -0.2) is 43.4 Å². The van der Waals surface area contributed by atoms with Crippen molar-refractivity contribution in [1.29, 1.82) is 0 Å². The lowest BCUT2D eigenvalue weighted by Crippen LogP contribution is -2.43. The minimum absolute atomic E-state index is 0.0214. The number of halogens is 3. The Morgan fingerprint density at radius 1 is 1.13 bits per heavy atom. The van der Waals surface area contributed by atoms with Crippen LogP contribution in [0.2, 0.25) is 0 Å². The first-order valence-electron chi connectivity index (χ1n) is 9.70. The summed E-state index contributed by atoms with van der Waals surface area (Å²) in [6, 6.07) is 8.22. The molecular formula is C21H23F3N4O2S. The fourth-order valence-electron chi connectivity index (χ4n) is 3.36. The van der Waals surface area contributed by atoms with Gasteiger partial charge in [-0.1, -0.05) is 17.8 Å². The van der Waals surface area contributed by atoms with Gasteiger partial charge in [0.05, 0.1) is 23.3 Å². The summed E-state index contributed by atoms with van der Waals surface area (Å²) < 4.78 is 46.7. The topological polar surface area (TPSA) is 64.2 Å². The molecule has 0 aliphatic rings. The van der Waals surface area contributed by atoms with E-state index >= 15 is 0 Å². The van der Waals surface area contributed by atoms with E-state index in [1.807, 2.05) is 27.7 Å². The maximum atomic E-state index is 13.3. The first-order chi connectivity index (χ1) is 14.6. The standard InChI is InChI=1S/C21H23F3N4O2S/c1-13(2)27(14(3)4)18(29)12-31-20-26-25-19(17-9-6-10-30-17)28(20)16-8-5-7-15(11-16)21(22,23)24/h5-11,13-14H,12H2,1-4H3. The number of furan rings is 1. The van der Waals surface area contributed by atoms with E-state index in [0.717, 1.165) is 23.9 Å². The molecule has 6 nitrogen and oxygen atoms in total. The van der Waals surface area contributed by atoms with Crippen LogP contribution in [0.5, 0.6) is 0 Å². The third-order valence-electron chi connectivity index (χ3n) is 4.53. The molecule has 31 heavy (non-hydrogen) atoms. The fourth-order valence-corrected chi connectivity index (χ4v) is 4.18. The van der Waals surface area contributed by atoms with Crippen LogP contribution in [0.1, 0.15) is 33.3 Å². The third-order valence-corrected chi connectivity index (χ3v) is 5.45. The predicted molar refractivity (Wildman–Crippen MR) is 112 cm³/mol. The number of carbonyl (C=O) groups is 1. The average molecular weight is 453 g/mol. The van der Waals surface area contributed by atoms with Gasteiger partial charge < -0.3 is 9.32 Å². The Morgan fingerprint density at radius 3 is 2.42 bits per heavy atom. The molecule has 0 aliphatic heterocycles. The highest BCUT2D eigenvalue weighted by Gasteiger charge is 2.31. The van der Waals surface area contributed by atoms with Crippen molar-refractivity contribution >= 4 is 17.7 Å². The molecule has 0 saturated heterocycles. The number of carbonyl (C=O) groups excluding carboxylic acids is 1. The summed E-state index contributed by atoms with van der Waals surface area (Å²) in [5.41, 5.74) is -0.562. The molecule has 2 heterocycles. The van der Waals surface area contributed by atoms with Crippen LogP contribution in [0.25, 0.3) is 17.3 Å². The number of rotatable bonds is 7. The Kier molecular flexibility index (Phi) is 6.78.